The molecule has 172 valence electrons. The molecule has 0 atom stereocenters. The molecule has 4 nitrogen and oxygen atoms in total. The fraction of sp³-hybridized carbons (Fsp3) is 0.286. The van der Waals surface area contributed by atoms with E-state index in [4.69, 9.17) is 4.74 Å². The van der Waals surface area contributed by atoms with Gasteiger partial charge in [-0.3, -0.25) is 4.79 Å². The van der Waals surface area contributed by atoms with Gasteiger partial charge in [0.25, 0.3) is 0 Å². The average molecular weight is 477 g/mol. The van der Waals surface area contributed by atoms with Gasteiger partial charge in [-0.05, 0) is 29.8 Å². The molecule has 0 aromatic heterocycles. The molecule has 1 N–H and O–H groups in total. The molecule has 1 amide bonds. The van der Waals surface area contributed by atoms with Crippen LogP contribution in [0.5, 0.6) is 5.75 Å². The van der Waals surface area contributed by atoms with Crippen molar-refractivity contribution in [3.63, 3.8) is 0 Å². The van der Waals surface area contributed by atoms with Gasteiger partial charge in [0.15, 0.2) is 0 Å². The van der Waals surface area contributed by atoms with Gasteiger partial charge in [0.1, 0.15) is 5.75 Å². The first-order valence-electron chi connectivity index (χ1n) is 9.30. The van der Waals surface area contributed by atoms with Crippen LogP contribution in [0.1, 0.15) is 16.7 Å². The first-order valence-corrected chi connectivity index (χ1v) is 10.1. The van der Waals surface area contributed by atoms with E-state index in [-0.39, 0.29) is 36.9 Å². The lowest BCUT2D eigenvalue weighted by molar-refractivity contribution is -0.163. The number of phenols is 1. The summed E-state index contributed by atoms with van der Waals surface area (Å²) >= 11 is 0.371. The van der Waals surface area contributed by atoms with Crippen molar-refractivity contribution < 1.29 is 41.0 Å². The molecule has 1 saturated heterocycles. The van der Waals surface area contributed by atoms with Gasteiger partial charge in [-0.25, -0.2) is 0 Å². The second-order valence-corrected chi connectivity index (χ2v) is 7.82. The zero-order chi connectivity index (χ0) is 23.5. The number of aromatic hydroxyl groups is 1. The van der Waals surface area contributed by atoms with Crippen LogP contribution in [0.2, 0.25) is 0 Å². The molecule has 0 saturated carbocycles. The zero-order valence-electron chi connectivity index (χ0n) is 16.3. The number of phenolic OH excluding ortho intramolecular Hbond substituents is 1. The number of amides is 1. The summed E-state index contributed by atoms with van der Waals surface area (Å²) in [5.41, 5.74) is -4.55. The third-order valence-electron chi connectivity index (χ3n) is 4.58. The summed E-state index contributed by atoms with van der Waals surface area (Å²) in [4.78, 5) is 12.8. The molecule has 2 aromatic rings. The molecule has 0 bridgehead atoms. The lowest BCUT2D eigenvalue weighted by Gasteiger charge is -2.25. The van der Waals surface area contributed by atoms with Gasteiger partial charge in [-0.2, -0.15) is 26.3 Å². The lowest BCUT2D eigenvalue weighted by atomic mass is 9.99. The Bertz CT molecular complexity index is 1010. The Morgan fingerprint density at radius 3 is 2.16 bits per heavy atom. The van der Waals surface area contributed by atoms with E-state index in [0.29, 0.717) is 11.8 Å². The summed E-state index contributed by atoms with van der Waals surface area (Å²) in [5.74, 6) is -0.984. The van der Waals surface area contributed by atoms with E-state index in [1.807, 2.05) is 0 Å². The van der Waals surface area contributed by atoms with Crippen molar-refractivity contribution in [2.75, 3.05) is 26.3 Å². The Kier molecular flexibility index (Phi) is 7.09. The summed E-state index contributed by atoms with van der Waals surface area (Å²) in [5, 5.41) is 9.83. The van der Waals surface area contributed by atoms with Crippen LogP contribution < -0.4 is 0 Å². The number of alkyl halides is 6. The van der Waals surface area contributed by atoms with E-state index in [1.165, 1.54) is 29.2 Å². The molecule has 1 fully saturated rings. The van der Waals surface area contributed by atoms with Crippen molar-refractivity contribution >= 4 is 23.7 Å². The number of rotatable bonds is 4. The summed E-state index contributed by atoms with van der Waals surface area (Å²) < 4.78 is 88.0. The van der Waals surface area contributed by atoms with Crippen molar-refractivity contribution in [2.45, 2.75) is 22.1 Å². The van der Waals surface area contributed by atoms with Crippen molar-refractivity contribution in [2.24, 2.45) is 0 Å². The number of ether oxygens (including phenoxy) is 1. The fourth-order valence-electron chi connectivity index (χ4n) is 3.12. The highest BCUT2D eigenvalue weighted by molar-refractivity contribution is 7.99. The van der Waals surface area contributed by atoms with Crippen molar-refractivity contribution in [3.05, 3.63) is 59.2 Å². The molecule has 11 heteroatoms. The molecular weight excluding hydrogens is 460 g/mol. The molecule has 1 heterocycles. The normalized spacial score (nSPS) is 15.4. The predicted octanol–water partition coefficient (Wildman–Crippen LogP) is 5.45. The number of hydrogen-bond acceptors (Lipinski definition) is 4. The smallest absolute Gasteiger partial charge is 0.418 e. The highest BCUT2D eigenvalue weighted by atomic mass is 32.2. The van der Waals surface area contributed by atoms with Crippen LogP contribution in [0.15, 0.2) is 52.3 Å². The van der Waals surface area contributed by atoms with Crippen LogP contribution in [0, 0.1) is 0 Å². The van der Waals surface area contributed by atoms with Gasteiger partial charge in [-0.1, -0.05) is 30.0 Å². The minimum absolute atomic E-state index is 0.0306. The number of benzene rings is 2. The summed E-state index contributed by atoms with van der Waals surface area (Å²) in [7, 11) is 0. The van der Waals surface area contributed by atoms with Gasteiger partial charge in [0, 0.05) is 24.1 Å². The zero-order valence-corrected chi connectivity index (χ0v) is 17.2. The quantitative estimate of drug-likeness (QED) is 0.470. The highest BCUT2D eigenvalue weighted by Crippen LogP contribution is 2.48. The van der Waals surface area contributed by atoms with Crippen LogP contribution in [0.25, 0.3) is 6.08 Å². The van der Waals surface area contributed by atoms with Gasteiger partial charge in [0.05, 0.1) is 29.2 Å². The van der Waals surface area contributed by atoms with Gasteiger partial charge in [0.2, 0.25) is 5.91 Å². The van der Waals surface area contributed by atoms with Crippen LogP contribution in [-0.2, 0) is 21.9 Å². The number of nitrogens with zero attached hydrogens (tertiary/aromatic N) is 1. The van der Waals surface area contributed by atoms with Crippen LogP contribution in [0.4, 0.5) is 26.3 Å². The third kappa shape index (κ3) is 5.57. The Morgan fingerprint density at radius 1 is 0.938 bits per heavy atom. The standard InChI is InChI=1S/C21H17F6NO3S/c22-20(23,24)18-13(6-8-17(30)28-9-11-31-12-10-28)5-7-16(19(18)21(25,26)27)32-15-4-2-1-3-14(15)29/h1-8,29H,9-12H2/b8-6+. The number of halogens is 6. The average Bonchev–Trinajstić information content (AvgIpc) is 2.73. The first kappa shape index (κ1) is 24.0. The maximum atomic E-state index is 13.8. The van der Waals surface area contributed by atoms with Crippen molar-refractivity contribution in [1.29, 1.82) is 0 Å². The largest absolute Gasteiger partial charge is 0.507 e. The lowest BCUT2D eigenvalue weighted by Crippen LogP contribution is -2.39. The van der Waals surface area contributed by atoms with Crippen LogP contribution >= 0.6 is 11.8 Å². The molecule has 0 radical (unpaired) electrons. The van der Waals surface area contributed by atoms with Crippen LogP contribution in [-0.4, -0.2) is 42.2 Å². The third-order valence-corrected chi connectivity index (χ3v) is 5.70. The maximum absolute atomic E-state index is 13.8. The van der Waals surface area contributed by atoms with E-state index in [1.54, 1.807) is 0 Å². The molecule has 0 spiro atoms. The van der Waals surface area contributed by atoms with E-state index in [9.17, 15) is 36.2 Å². The highest BCUT2D eigenvalue weighted by Gasteiger charge is 2.46. The number of hydrogen-bond donors (Lipinski definition) is 1. The predicted molar refractivity (Wildman–Crippen MR) is 105 cm³/mol. The molecule has 1 aliphatic heterocycles. The molecule has 3 rings (SSSR count). The Hall–Kier alpha value is -2.66. The minimum Gasteiger partial charge on any atom is -0.507 e. The second-order valence-electron chi connectivity index (χ2n) is 6.74. The van der Waals surface area contributed by atoms with E-state index in [2.05, 4.69) is 0 Å². The van der Waals surface area contributed by atoms with E-state index < -0.39 is 39.8 Å². The van der Waals surface area contributed by atoms with Gasteiger partial charge in [-0.15, -0.1) is 0 Å². The fourth-order valence-corrected chi connectivity index (χ4v) is 4.13. The number of carbonyl (C=O) groups is 1. The maximum Gasteiger partial charge on any atom is 0.418 e. The Morgan fingerprint density at radius 2 is 1.56 bits per heavy atom. The minimum atomic E-state index is -5.35. The molecule has 32 heavy (non-hydrogen) atoms. The Balaban J connectivity index is 2.07. The molecule has 0 unspecified atom stereocenters. The molecule has 2 aromatic carbocycles. The van der Waals surface area contributed by atoms with E-state index in [0.717, 1.165) is 24.3 Å². The van der Waals surface area contributed by atoms with Gasteiger partial charge >= 0.3 is 12.4 Å². The van der Waals surface area contributed by atoms with Crippen LogP contribution in [0.3, 0.4) is 0 Å². The SMILES string of the molecule is O=C(/C=C/c1ccc(Sc2ccccc2O)c(C(F)(F)F)c1C(F)(F)F)N1CCOCC1. The first-order chi connectivity index (χ1) is 15.0. The molecule has 1 aliphatic rings. The molecular formula is C21H17F6NO3S. The van der Waals surface area contributed by atoms with Gasteiger partial charge < -0.3 is 14.7 Å². The summed E-state index contributed by atoms with van der Waals surface area (Å²) in [6.45, 7) is 1.01. The Labute approximate surface area is 183 Å². The van der Waals surface area contributed by atoms with Crippen molar-refractivity contribution in [3.8, 4) is 5.75 Å². The second kappa shape index (κ2) is 9.45. The summed E-state index contributed by atoms with van der Waals surface area (Å²) in [6.07, 6.45) is -9.12. The van der Waals surface area contributed by atoms with E-state index >= 15 is 0 Å². The van der Waals surface area contributed by atoms with Crippen molar-refractivity contribution in [1.82, 2.24) is 4.90 Å². The molecule has 0 aliphatic carbocycles. The monoisotopic (exact) mass is 477 g/mol. The number of para-hydroxylation sites is 1. The summed E-state index contributed by atoms with van der Waals surface area (Å²) in [6, 6.07) is 7.16. The number of morpholine rings is 1. The number of carbonyl (C=O) groups excluding carboxylic acids is 1. The topological polar surface area (TPSA) is 49.8 Å².